The molecule has 1 aromatic carbocycles. The van der Waals surface area contributed by atoms with E-state index in [4.69, 9.17) is 9.47 Å². The smallest absolute Gasteiger partial charge is 0.379 e. The summed E-state index contributed by atoms with van der Waals surface area (Å²) >= 11 is 0. The molecule has 5 nitrogen and oxygen atoms in total. The standard InChI is InChI=1S/C15H16O5/c1-15(2,3)14(18)20-12-10(16)11(19-13(12)17)9-7-5-4-6-8-9/h4-8,11,16H,1-3H3/t11-/m0/s1. The van der Waals surface area contributed by atoms with Crippen LogP contribution in [-0.2, 0) is 19.1 Å². The quantitative estimate of drug-likeness (QED) is 0.841. The molecule has 0 saturated heterocycles. The number of carbonyl (C=O) groups is 2. The second-order valence-corrected chi connectivity index (χ2v) is 5.55. The molecule has 0 aliphatic carbocycles. The zero-order chi connectivity index (χ0) is 14.9. The van der Waals surface area contributed by atoms with E-state index in [2.05, 4.69) is 0 Å². The number of hydrogen-bond acceptors (Lipinski definition) is 5. The van der Waals surface area contributed by atoms with Crippen LogP contribution < -0.4 is 0 Å². The van der Waals surface area contributed by atoms with Crippen LogP contribution in [0.3, 0.4) is 0 Å². The fraction of sp³-hybridized carbons (Fsp3) is 0.333. The first-order chi connectivity index (χ1) is 9.30. The van der Waals surface area contributed by atoms with Crippen molar-refractivity contribution in [3.63, 3.8) is 0 Å². The molecule has 1 atom stereocenters. The number of aliphatic hydroxyl groups is 1. The minimum atomic E-state index is -0.925. The van der Waals surface area contributed by atoms with Crippen LogP contribution in [0.2, 0.25) is 0 Å². The van der Waals surface area contributed by atoms with Crippen molar-refractivity contribution in [3.8, 4) is 0 Å². The third-order valence-electron chi connectivity index (χ3n) is 2.80. The Kier molecular flexibility index (Phi) is 3.53. The Hall–Kier alpha value is -2.30. The monoisotopic (exact) mass is 276 g/mol. The lowest BCUT2D eigenvalue weighted by Crippen LogP contribution is -2.24. The first-order valence-electron chi connectivity index (χ1n) is 6.22. The Morgan fingerprint density at radius 2 is 1.85 bits per heavy atom. The highest BCUT2D eigenvalue weighted by Gasteiger charge is 2.39. The number of benzene rings is 1. The van der Waals surface area contributed by atoms with Crippen molar-refractivity contribution in [2.45, 2.75) is 26.9 Å². The van der Waals surface area contributed by atoms with Gasteiger partial charge >= 0.3 is 11.9 Å². The molecular formula is C15H16O5. The second-order valence-electron chi connectivity index (χ2n) is 5.55. The minimum Gasteiger partial charge on any atom is -0.505 e. The molecule has 2 rings (SSSR count). The molecule has 0 amide bonds. The summed E-state index contributed by atoms with van der Waals surface area (Å²) in [5, 5.41) is 10.0. The summed E-state index contributed by atoms with van der Waals surface area (Å²) in [7, 11) is 0. The van der Waals surface area contributed by atoms with E-state index in [1.165, 1.54) is 0 Å². The van der Waals surface area contributed by atoms with Gasteiger partial charge in [0.05, 0.1) is 5.41 Å². The van der Waals surface area contributed by atoms with E-state index in [0.717, 1.165) is 0 Å². The van der Waals surface area contributed by atoms with Crippen LogP contribution >= 0.6 is 0 Å². The van der Waals surface area contributed by atoms with Gasteiger partial charge in [-0.2, -0.15) is 0 Å². The molecule has 0 unspecified atom stereocenters. The van der Waals surface area contributed by atoms with Gasteiger partial charge in [0.15, 0.2) is 11.9 Å². The highest BCUT2D eigenvalue weighted by Crippen LogP contribution is 2.34. The first-order valence-corrected chi connectivity index (χ1v) is 6.22. The van der Waals surface area contributed by atoms with Gasteiger partial charge in [0.25, 0.3) is 5.76 Å². The van der Waals surface area contributed by atoms with Crippen LogP contribution in [0.1, 0.15) is 32.4 Å². The zero-order valence-corrected chi connectivity index (χ0v) is 11.5. The number of aliphatic hydroxyl groups excluding tert-OH is 1. The van der Waals surface area contributed by atoms with E-state index in [-0.39, 0.29) is 5.76 Å². The number of cyclic esters (lactones) is 1. The van der Waals surface area contributed by atoms with Crippen LogP contribution in [0.15, 0.2) is 41.9 Å². The Labute approximate surface area is 116 Å². The third-order valence-corrected chi connectivity index (χ3v) is 2.80. The largest absolute Gasteiger partial charge is 0.505 e. The molecule has 20 heavy (non-hydrogen) atoms. The minimum absolute atomic E-state index is 0.376. The van der Waals surface area contributed by atoms with Gasteiger partial charge < -0.3 is 14.6 Å². The number of hydrogen-bond donors (Lipinski definition) is 1. The maximum atomic E-state index is 11.8. The van der Waals surface area contributed by atoms with Gasteiger partial charge in [-0.1, -0.05) is 30.3 Å². The zero-order valence-electron chi connectivity index (χ0n) is 11.5. The highest BCUT2D eigenvalue weighted by molar-refractivity contribution is 5.93. The summed E-state index contributed by atoms with van der Waals surface area (Å²) in [4.78, 5) is 23.5. The fourth-order valence-corrected chi connectivity index (χ4v) is 1.63. The summed E-state index contributed by atoms with van der Waals surface area (Å²) in [5.41, 5.74) is -0.168. The van der Waals surface area contributed by atoms with Crippen molar-refractivity contribution in [3.05, 3.63) is 47.4 Å². The van der Waals surface area contributed by atoms with Gasteiger partial charge in [-0.15, -0.1) is 0 Å². The summed E-state index contributed by atoms with van der Waals surface area (Å²) in [6.45, 7) is 4.96. The van der Waals surface area contributed by atoms with Gasteiger partial charge in [0.2, 0.25) is 0 Å². The maximum absolute atomic E-state index is 11.8. The molecule has 1 N–H and O–H groups in total. The average molecular weight is 276 g/mol. The van der Waals surface area contributed by atoms with Crippen molar-refractivity contribution in [2.75, 3.05) is 0 Å². The molecule has 0 radical (unpaired) electrons. The SMILES string of the molecule is CC(C)(C)C(=O)OC1=C(O)[C@H](c2ccccc2)OC1=O. The Morgan fingerprint density at radius 3 is 2.40 bits per heavy atom. The predicted molar refractivity (Wildman–Crippen MR) is 70.5 cm³/mol. The van der Waals surface area contributed by atoms with Gasteiger partial charge in [-0.3, -0.25) is 4.79 Å². The topological polar surface area (TPSA) is 72.8 Å². The molecule has 0 saturated carbocycles. The van der Waals surface area contributed by atoms with Crippen LogP contribution in [-0.4, -0.2) is 17.0 Å². The van der Waals surface area contributed by atoms with Gasteiger partial charge in [0.1, 0.15) is 0 Å². The van der Waals surface area contributed by atoms with E-state index >= 15 is 0 Å². The lowest BCUT2D eigenvalue weighted by atomic mass is 9.97. The summed E-state index contributed by atoms with van der Waals surface area (Å²) in [6, 6.07) is 8.75. The van der Waals surface area contributed by atoms with Gasteiger partial charge in [0, 0.05) is 5.56 Å². The lowest BCUT2D eigenvalue weighted by molar-refractivity contribution is -0.155. The van der Waals surface area contributed by atoms with Crippen LogP contribution in [0, 0.1) is 5.41 Å². The summed E-state index contributed by atoms with van der Waals surface area (Å²) in [5.74, 6) is -2.25. The molecule has 1 aromatic rings. The van der Waals surface area contributed by atoms with Crippen LogP contribution in [0.25, 0.3) is 0 Å². The number of rotatable bonds is 2. The summed E-state index contributed by atoms with van der Waals surface area (Å²) in [6.07, 6.45) is -0.925. The van der Waals surface area contributed by atoms with Crippen LogP contribution in [0.4, 0.5) is 0 Å². The predicted octanol–water partition coefficient (Wildman–Crippen LogP) is 2.64. The van der Waals surface area contributed by atoms with E-state index in [9.17, 15) is 14.7 Å². The van der Waals surface area contributed by atoms with E-state index in [0.29, 0.717) is 5.56 Å². The number of ether oxygens (including phenoxy) is 2. The van der Waals surface area contributed by atoms with Crippen molar-refractivity contribution in [1.29, 1.82) is 0 Å². The molecule has 1 aliphatic rings. The molecule has 1 heterocycles. The summed E-state index contributed by atoms with van der Waals surface area (Å²) < 4.78 is 10.0. The Morgan fingerprint density at radius 1 is 1.25 bits per heavy atom. The third kappa shape index (κ3) is 2.66. The number of carbonyl (C=O) groups excluding carboxylic acids is 2. The average Bonchev–Trinajstić information content (AvgIpc) is 2.66. The Balaban J connectivity index is 2.26. The molecule has 1 aliphatic heterocycles. The second kappa shape index (κ2) is 5.00. The van der Waals surface area contributed by atoms with E-state index < -0.39 is 29.2 Å². The lowest BCUT2D eigenvalue weighted by Gasteiger charge is -2.15. The molecule has 5 heteroatoms. The Bertz CT molecular complexity index is 566. The van der Waals surface area contributed by atoms with E-state index in [1.807, 2.05) is 6.07 Å². The molecule has 106 valence electrons. The molecule has 0 aromatic heterocycles. The molecule has 0 spiro atoms. The van der Waals surface area contributed by atoms with Crippen molar-refractivity contribution in [1.82, 2.24) is 0 Å². The highest BCUT2D eigenvalue weighted by atomic mass is 16.6. The van der Waals surface area contributed by atoms with Gasteiger partial charge in [-0.05, 0) is 20.8 Å². The van der Waals surface area contributed by atoms with Crippen molar-refractivity contribution >= 4 is 11.9 Å². The fourth-order valence-electron chi connectivity index (χ4n) is 1.63. The van der Waals surface area contributed by atoms with E-state index in [1.54, 1.807) is 45.0 Å². The van der Waals surface area contributed by atoms with Crippen molar-refractivity contribution in [2.24, 2.45) is 5.41 Å². The van der Waals surface area contributed by atoms with Crippen molar-refractivity contribution < 1.29 is 24.2 Å². The maximum Gasteiger partial charge on any atom is 0.379 e. The molecule has 0 bridgehead atoms. The normalized spacial score (nSPS) is 18.9. The van der Waals surface area contributed by atoms with Gasteiger partial charge in [-0.25, -0.2) is 4.79 Å². The first kappa shape index (κ1) is 14.1. The number of esters is 2. The van der Waals surface area contributed by atoms with Crippen LogP contribution in [0.5, 0.6) is 0 Å². The molecule has 0 fully saturated rings. The molecular weight excluding hydrogens is 260 g/mol.